The van der Waals surface area contributed by atoms with E-state index in [0.29, 0.717) is 26.4 Å². The maximum Gasteiger partial charge on any atom is 1.00 e. The van der Waals surface area contributed by atoms with Gasteiger partial charge in [-0.1, -0.05) is 48.5 Å². The predicted octanol–water partition coefficient (Wildman–Crippen LogP) is 2.68. The number of hydrogen-bond acceptors (Lipinski definition) is 10. The van der Waals surface area contributed by atoms with Crippen molar-refractivity contribution in [1.82, 2.24) is 9.80 Å². The van der Waals surface area contributed by atoms with Crippen molar-refractivity contribution in [2.24, 2.45) is 10.8 Å². The van der Waals surface area contributed by atoms with Crippen molar-refractivity contribution in [2.75, 3.05) is 59.1 Å². The van der Waals surface area contributed by atoms with Crippen LogP contribution >= 0.6 is 0 Å². The second-order valence-corrected chi connectivity index (χ2v) is 16.6. The molecule has 2 fully saturated rings. The Bertz CT molecular complexity index is 2150. The summed E-state index contributed by atoms with van der Waals surface area (Å²) in [5.74, 6) is 2.94. The number of likely N-dealkylation sites (tertiary alicyclic amines) is 2. The first-order valence-corrected chi connectivity index (χ1v) is 20.0. The van der Waals surface area contributed by atoms with E-state index in [4.69, 9.17) is 28.8 Å². The Labute approximate surface area is 362 Å². The number of benzene rings is 4. The Kier molecular flexibility index (Phi) is 12.8. The van der Waals surface area contributed by atoms with E-state index in [1.807, 2.05) is 11.8 Å². The van der Waals surface area contributed by atoms with Crippen LogP contribution in [-0.4, -0.2) is 91.4 Å². The third kappa shape index (κ3) is 8.90. The number of ether oxygens (including phenoxy) is 5. The Morgan fingerprint density at radius 2 is 1.12 bits per heavy atom. The fourth-order valence-corrected chi connectivity index (χ4v) is 9.97. The standard InChI is InChI=1S/C24H27NO4.C22H23NO4.Na.H2O/c1-2-27-22(26)13-25-15-24(16-25)11-18-6-7-21(10-20(18)12-24)29-14-19-5-3-4-17-8-9-28-23(17)19;24-20(25)11-23-13-22(14-23)9-16-4-5-19(8-18(16)10-22)27-12-17-3-1-2-15-6-7-26-21(15)17;;/h3-7,10H,2,8-9,11-16H2,1H3;1-5,8H,6-7,9-14H2,(H,24,25);;1H2/q;;+1;/p-1. The smallest absolute Gasteiger partial charge is 0.870 e. The van der Waals surface area contributed by atoms with E-state index in [9.17, 15) is 9.59 Å². The van der Waals surface area contributed by atoms with E-state index in [-0.39, 0.29) is 58.4 Å². The van der Waals surface area contributed by atoms with Crippen LogP contribution in [0.4, 0.5) is 0 Å². The molecular formula is C46H51N2NaO9. The molecule has 11 nitrogen and oxygen atoms in total. The number of carboxylic acids is 1. The molecule has 0 unspecified atom stereocenters. The molecule has 2 N–H and O–H groups in total. The summed E-state index contributed by atoms with van der Waals surface area (Å²) in [4.78, 5) is 26.8. The SMILES string of the molecule is CCOC(=O)CN1CC2(Cc3ccc(OCc4cccc5c4OCC5)cc3C2)C1.O=C(O)CN1CC2(Cc3ccc(OCc4cccc5c4OCC5)cc3C2)C1.[Na+].[OH-]. The van der Waals surface area contributed by atoms with Gasteiger partial charge in [-0.2, -0.15) is 0 Å². The normalized spacial score (nSPS) is 18.3. The first-order valence-electron chi connectivity index (χ1n) is 20.0. The molecule has 12 heteroatoms. The fourth-order valence-electron chi connectivity index (χ4n) is 9.97. The molecule has 4 aliphatic heterocycles. The van der Waals surface area contributed by atoms with Crippen LogP contribution in [0, 0.1) is 10.8 Å². The van der Waals surface area contributed by atoms with Crippen molar-refractivity contribution in [2.45, 2.75) is 58.7 Å². The van der Waals surface area contributed by atoms with Gasteiger partial charge in [0.1, 0.15) is 36.2 Å². The molecule has 0 radical (unpaired) electrons. The second-order valence-electron chi connectivity index (χ2n) is 16.6. The molecule has 0 bridgehead atoms. The zero-order chi connectivity index (χ0) is 38.3. The molecule has 4 heterocycles. The zero-order valence-corrected chi connectivity index (χ0v) is 35.6. The number of carboxylic acid groups (broad SMARTS) is 1. The van der Waals surface area contributed by atoms with Gasteiger partial charge < -0.3 is 34.3 Å². The number of carbonyl (C=O) groups excluding carboxylic acids is 1. The van der Waals surface area contributed by atoms with Crippen molar-refractivity contribution >= 4 is 11.9 Å². The first-order chi connectivity index (χ1) is 27.2. The number of para-hydroxylation sites is 2. The number of aliphatic carboxylic acids is 1. The summed E-state index contributed by atoms with van der Waals surface area (Å²) in [7, 11) is 0. The summed E-state index contributed by atoms with van der Waals surface area (Å²) in [5.41, 5.74) is 10.8. The molecule has 0 aromatic heterocycles. The van der Waals surface area contributed by atoms with Crippen LogP contribution in [0.15, 0.2) is 72.8 Å². The van der Waals surface area contributed by atoms with Crippen molar-refractivity contribution in [3.63, 3.8) is 0 Å². The van der Waals surface area contributed by atoms with Crippen molar-refractivity contribution in [1.29, 1.82) is 0 Å². The van der Waals surface area contributed by atoms with Gasteiger partial charge in [0.25, 0.3) is 0 Å². The van der Waals surface area contributed by atoms with E-state index in [2.05, 4.69) is 77.7 Å². The van der Waals surface area contributed by atoms with E-state index >= 15 is 0 Å². The summed E-state index contributed by atoms with van der Waals surface area (Å²) in [6, 6.07) is 25.4. The summed E-state index contributed by atoms with van der Waals surface area (Å²) < 4.78 is 28.8. The molecule has 0 amide bonds. The number of fused-ring (bicyclic) bond motifs is 4. The largest absolute Gasteiger partial charge is 1.00 e. The number of nitrogens with zero attached hydrogens (tertiary/aromatic N) is 2. The topological polar surface area (TPSA) is 137 Å². The molecule has 300 valence electrons. The fraction of sp³-hybridized carbons (Fsp3) is 0.435. The van der Waals surface area contributed by atoms with Gasteiger partial charge in [0.05, 0.1) is 32.9 Å². The number of esters is 1. The summed E-state index contributed by atoms with van der Waals surface area (Å²) in [5, 5.41) is 8.93. The zero-order valence-electron chi connectivity index (χ0n) is 33.6. The van der Waals surface area contributed by atoms with Gasteiger partial charge in [-0.25, -0.2) is 0 Å². The molecule has 58 heavy (non-hydrogen) atoms. The van der Waals surface area contributed by atoms with Gasteiger partial charge in [0.15, 0.2) is 0 Å². The average Bonchev–Trinajstić information content (AvgIpc) is 3.97. The molecule has 0 saturated carbocycles. The molecule has 0 atom stereocenters. The maximum absolute atomic E-state index is 11.7. The third-order valence-electron chi connectivity index (χ3n) is 12.3. The van der Waals surface area contributed by atoms with Crippen molar-refractivity contribution in [3.05, 3.63) is 117 Å². The van der Waals surface area contributed by atoms with E-state index in [1.54, 1.807) is 0 Å². The van der Waals surface area contributed by atoms with Crippen molar-refractivity contribution in [3.8, 4) is 23.0 Å². The quantitative estimate of drug-likeness (QED) is 0.177. The van der Waals surface area contributed by atoms with Gasteiger partial charge in [-0.05, 0) is 90.3 Å². The van der Waals surface area contributed by atoms with Gasteiger partial charge in [0, 0.05) is 61.0 Å². The van der Waals surface area contributed by atoms with Crippen LogP contribution in [0.5, 0.6) is 23.0 Å². The molecule has 6 aliphatic rings. The van der Waals surface area contributed by atoms with Crippen LogP contribution in [0.3, 0.4) is 0 Å². The van der Waals surface area contributed by atoms with E-state index < -0.39 is 5.97 Å². The Balaban J connectivity index is 0.000000171. The summed E-state index contributed by atoms with van der Waals surface area (Å²) in [6.45, 7) is 9.08. The van der Waals surface area contributed by atoms with Gasteiger partial charge >= 0.3 is 41.5 Å². The van der Waals surface area contributed by atoms with Crippen LogP contribution in [0.2, 0.25) is 0 Å². The molecular weight excluding hydrogens is 748 g/mol. The van der Waals surface area contributed by atoms with E-state index in [0.717, 1.165) is 112 Å². The average molecular weight is 799 g/mol. The molecule has 4 aromatic rings. The molecule has 2 spiro atoms. The Morgan fingerprint density at radius 1 is 0.655 bits per heavy atom. The minimum Gasteiger partial charge on any atom is -0.870 e. The minimum absolute atomic E-state index is 0. The molecule has 2 aliphatic carbocycles. The number of hydrogen-bond donors (Lipinski definition) is 1. The Hall–Kier alpha value is -4.10. The van der Waals surface area contributed by atoms with Crippen LogP contribution in [0.1, 0.15) is 51.4 Å². The van der Waals surface area contributed by atoms with E-state index in [1.165, 1.54) is 33.4 Å². The maximum atomic E-state index is 11.7. The molecule has 2 saturated heterocycles. The molecule has 10 rings (SSSR count). The second kappa shape index (κ2) is 17.6. The van der Waals surface area contributed by atoms with Crippen LogP contribution in [0.25, 0.3) is 0 Å². The first kappa shape index (κ1) is 42.0. The van der Waals surface area contributed by atoms with Crippen LogP contribution < -0.4 is 48.5 Å². The minimum atomic E-state index is -0.743. The Morgan fingerprint density at radius 3 is 1.59 bits per heavy atom. The summed E-state index contributed by atoms with van der Waals surface area (Å²) >= 11 is 0. The van der Waals surface area contributed by atoms with Gasteiger partial charge in [-0.15, -0.1) is 0 Å². The van der Waals surface area contributed by atoms with Gasteiger partial charge in [-0.3, -0.25) is 19.4 Å². The van der Waals surface area contributed by atoms with Crippen molar-refractivity contribution < 1.29 is 73.4 Å². The van der Waals surface area contributed by atoms with Crippen LogP contribution in [-0.2, 0) is 66.1 Å². The number of carbonyl (C=O) groups is 2. The monoisotopic (exact) mass is 798 g/mol. The summed E-state index contributed by atoms with van der Waals surface area (Å²) in [6.07, 6.45) is 6.16. The van der Waals surface area contributed by atoms with Gasteiger partial charge in [0.2, 0.25) is 0 Å². The number of rotatable bonds is 11. The third-order valence-corrected chi connectivity index (χ3v) is 12.3. The molecule has 4 aromatic carbocycles. The predicted molar refractivity (Wildman–Crippen MR) is 212 cm³/mol.